The van der Waals surface area contributed by atoms with Crippen LogP contribution in [-0.4, -0.2) is 30.0 Å². The highest BCUT2D eigenvalue weighted by molar-refractivity contribution is 5.70. The summed E-state index contributed by atoms with van der Waals surface area (Å²) in [5, 5.41) is 0. The second kappa shape index (κ2) is 15.7. The molecule has 0 N–H and O–H groups in total. The number of carbonyl (C=O) groups excluding carboxylic acids is 1. The number of hydrogen-bond donors (Lipinski definition) is 0. The van der Waals surface area contributed by atoms with Gasteiger partial charge < -0.3 is 0 Å². The number of hydrogen-bond acceptors (Lipinski definition) is 1. The van der Waals surface area contributed by atoms with E-state index < -0.39 is 0 Å². The highest BCUT2D eigenvalue weighted by Crippen LogP contribution is 2.24. The molecule has 154 valence electrons. The van der Waals surface area contributed by atoms with Crippen molar-refractivity contribution in [2.75, 3.05) is 19.6 Å². The molecule has 1 amide bonds. The zero-order valence-corrected chi connectivity index (χ0v) is 18.2. The average Bonchev–Trinajstić information content (AvgIpc) is 3.00. The molecule has 0 aliphatic carbocycles. The summed E-state index contributed by atoms with van der Waals surface area (Å²) >= 11 is 0. The predicted molar refractivity (Wildman–Crippen MR) is 114 cm³/mol. The van der Waals surface area contributed by atoms with Crippen LogP contribution in [0, 0.1) is 0 Å². The largest absolute Gasteiger partial charge is 0.313 e. The average molecular weight is 367 g/mol. The molecular weight excluding hydrogens is 318 g/mol. The van der Waals surface area contributed by atoms with Gasteiger partial charge in [0.1, 0.15) is 0 Å². The van der Waals surface area contributed by atoms with Crippen molar-refractivity contribution < 1.29 is 9.28 Å². The van der Waals surface area contributed by atoms with E-state index in [4.69, 9.17) is 0 Å². The summed E-state index contributed by atoms with van der Waals surface area (Å²) in [6, 6.07) is 0. The lowest BCUT2D eigenvalue weighted by molar-refractivity contribution is -0.847. The van der Waals surface area contributed by atoms with Gasteiger partial charge in [0.2, 0.25) is 0 Å². The van der Waals surface area contributed by atoms with Crippen LogP contribution < -0.4 is 0 Å². The maximum absolute atomic E-state index is 12.5. The summed E-state index contributed by atoms with van der Waals surface area (Å²) < 4.78 is 0.838. The van der Waals surface area contributed by atoms with Gasteiger partial charge in [0.05, 0.1) is 26.1 Å². The van der Waals surface area contributed by atoms with Crippen molar-refractivity contribution in [1.82, 2.24) is 0 Å². The topological polar surface area (TPSA) is 17.1 Å². The quantitative estimate of drug-likeness (QED) is 0.182. The van der Waals surface area contributed by atoms with Crippen LogP contribution in [0.3, 0.4) is 0 Å². The zero-order valence-electron chi connectivity index (χ0n) is 18.2. The normalized spacial score (nSPS) is 20.2. The Balaban J connectivity index is 2.10. The maximum atomic E-state index is 12.5. The molecule has 1 saturated heterocycles. The van der Waals surface area contributed by atoms with Gasteiger partial charge in [-0.05, 0) is 25.7 Å². The molecule has 2 heteroatoms. The lowest BCUT2D eigenvalue weighted by Gasteiger charge is -2.31. The maximum Gasteiger partial charge on any atom is 0.313 e. The fourth-order valence-corrected chi connectivity index (χ4v) is 4.58. The third kappa shape index (κ3) is 10.1. The molecule has 1 aliphatic heterocycles. The number of unbranched alkanes of at least 4 members (excludes halogenated alkanes) is 14. The first kappa shape index (κ1) is 23.7. The molecule has 0 aromatic rings. The molecule has 0 aromatic heterocycles. The second-order valence-corrected chi connectivity index (χ2v) is 8.76. The number of likely N-dealkylation sites (tertiary alicyclic amines) is 1. The highest BCUT2D eigenvalue weighted by Gasteiger charge is 2.39. The van der Waals surface area contributed by atoms with Gasteiger partial charge in [-0.25, -0.2) is 4.79 Å². The van der Waals surface area contributed by atoms with Crippen molar-refractivity contribution in [1.29, 1.82) is 0 Å². The minimum Gasteiger partial charge on any atom is -0.260 e. The molecule has 1 atom stereocenters. The lowest BCUT2D eigenvalue weighted by atomic mass is 10.1. The van der Waals surface area contributed by atoms with Crippen molar-refractivity contribution in [3.63, 3.8) is 0 Å². The number of rotatable bonds is 18. The highest BCUT2D eigenvalue weighted by atomic mass is 16.2. The minimum absolute atomic E-state index is 0.550. The van der Waals surface area contributed by atoms with E-state index in [1.54, 1.807) is 0 Å². The van der Waals surface area contributed by atoms with E-state index in [0.29, 0.717) is 5.91 Å². The zero-order chi connectivity index (χ0) is 18.9. The Kier molecular flexibility index (Phi) is 14.3. The van der Waals surface area contributed by atoms with E-state index in [0.717, 1.165) is 37.0 Å². The predicted octanol–water partition coefficient (Wildman–Crippen LogP) is 7.41. The second-order valence-electron chi connectivity index (χ2n) is 8.76. The van der Waals surface area contributed by atoms with E-state index in [2.05, 4.69) is 13.8 Å². The molecule has 1 heterocycles. The monoisotopic (exact) mass is 366 g/mol. The summed E-state index contributed by atoms with van der Waals surface area (Å²) in [7, 11) is 0. The first-order valence-corrected chi connectivity index (χ1v) is 12.1. The van der Waals surface area contributed by atoms with Crippen molar-refractivity contribution in [3.05, 3.63) is 0 Å². The first-order chi connectivity index (χ1) is 12.7. The van der Waals surface area contributed by atoms with E-state index in [9.17, 15) is 4.79 Å². The molecule has 0 aromatic carbocycles. The molecule has 0 spiro atoms. The fraction of sp³-hybridized carbons (Fsp3) is 0.958. The smallest absolute Gasteiger partial charge is 0.260 e. The Morgan fingerprint density at radius 1 is 0.615 bits per heavy atom. The molecular formula is C24H48NO+. The van der Waals surface area contributed by atoms with Crippen molar-refractivity contribution >= 4 is 5.91 Å². The first-order valence-electron chi connectivity index (χ1n) is 12.1. The molecule has 2 nitrogen and oxygen atoms in total. The lowest BCUT2D eigenvalue weighted by Crippen LogP contribution is -2.50. The molecule has 1 fully saturated rings. The van der Waals surface area contributed by atoms with Crippen molar-refractivity contribution in [2.45, 2.75) is 129 Å². The summed E-state index contributed by atoms with van der Waals surface area (Å²) in [6.45, 7) is 7.94. The minimum atomic E-state index is 0.550. The van der Waals surface area contributed by atoms with E-state index in [1.807, 2.05) is 0 Å². The van der Waals surface area contributed by atoms with E-state index in [-0.39, 0.29) is 0 Å². The molecule has 0 radical (unpaired) electrons. The van der Waals surface area contributed by atoms with Crippen LogP contribution >= 0.6 is 0 Å². The molecule has 1 unspecified atom stereocenters. The van der Waals surface area contributed by atoms with Gasteiger partial charge in [0.15, 0.2) is 0 Å². The van der Waals surface area contributed by atoms with Gasteiger partial charge in [-0.3, -0.25) is 4.48 Å². The third-order valence-electron chi connectivity index (χ3n) is 6.39. The van der Waals surface area contributed by atoms with E-state index in [1.165, 1.54) is 103 Å². The Morgan fingerprint density at radius 2 is 1.00 bits per heavy atom. The summed E-state index contributed by atoms with van der Waals surface area (Å²) in [5.41, 5.74) is 0. The van der Waals surface area contributed by atoms with Crippen LogP contribution in [-0.2, 0) is 4.79 Å². The van der Waals surface area contributed by atoms with Crippen LogP contribution in [0.4, 0.5) is 0 Å². The fourth-order valence-electron chi connectivity index (χ4n) is 4.58. The van der Waals surface area contributed by atoms with Crippen LogP contribution in [0.15, 0.2) is 0 Å². The molecule has 1 rings (SSSR count). The standard InChI is InChI=1S/C24H48NO/c1-3-5-7-9-11-12-13-14-16-18-22-25(23-19-20-24(25)26)21-17-15-10-8-6-4-2/h3-23H2,1-2H3/q+1. The Bertz CT molecular complexity index is 341. The van der Waals surface area contributed by atoms with Crippen molar-refractivity contribution in [3.8, 4) is 0 Å². The van der Waals surface area contributed by atoms with Crippen LogP contribution in [0.1, 0.15) is 129 Å². The molecule has 0 saturated carbocycles. The SMILES string of the molecule is CCCCCCCCCCCC[N+]1(CCCCCCCC)CCCC1=O. The van der Waals surface area contributed by atoms with Crippen molar-refractivity contribution in [2.24, 2.45) is 0 Å². The number of nitrogens with zero attached hydrogens (tertiary/aromatic N) is 1. The van der Waals surface area contributed by atoms with Crippen LogP contribution in [0.25, 0.3) is 0 Å². The van der Waals surface area contributed by atoms with E-state index >= 15 is 0 Å². The summed E-state index contributed by atoms with van der Waals surface area (Å²) in [6.07, 6.45) is 23.8. The Morgan fingerprint density at radius 3 is 1.35 bits per heavy atom. The summed E-state index contributed by atoms with van der Waals surface area (Å²) in [5.74, 6) is 0.550. The number of amides is 1. The number of quaternary nitrogens is 1. The van der Waals surface area contributed by atoms with Crippen LogP contribution in [0.5, 0.6) is 0 Å². The Hall–Kier alpha value is -0.370. The van der Waals surface area contributed by atoms with Gasteiger partial charge in [-0.15, -0.1) is 0 Å². The van der Waals surface area contributed by atoms with Gasteiger partial charge in [-0.1, -0.05) is 90.9 Å². The third-order valence-corrected chi connectivity index (χ3v) is 6.39. The van der Waals surface area contributed by atoms with Gasteiger partial charge in [0.25, 0.3) is 0 Å². The number of carbonyl (C=O) groups is 1. The van der Waals surface area contributed by atoms with Gasteiger partial charge >= 0.3 is 5.91 Å². The van der Waals surface area contributed by atoms with Crippen LogP contribution in [0.2, 0.25) is 0 Å². The molecule has 1 aliphatic rings. The molecule has 0 bridgehead atoms. The van der Waals surface area contributed by atoms with Gasteiger partial charge in [-0.2, -0.15) is 0 Å². The molecule has 26 heavy (non-hydrogen) atoms. The summed E-state index contributed by atoms with van der Waals surface area (Å²) in [4.78, 5) is 12.5. The Labute approximate surface area is 164 Å². The van der Waals surface area contributed by atoms with Gasteiger partial charge in [0, 0.05) is 6.42 Å².